The van der Waals surface area contributed by atoms with Crippen molar-refractivity contribution in [2.75, 3.05) is 31.2 Å². The first-order valence-corrected chi connectivity index (χ1v) is 12.1. The lowest BCUT2D eigenvalue weighted by Gasteiger charge is -2.30. The van der Waals surface area contributed by atoms with Crippen molar-refractivity contribution in [2.45, 2.75) is 6.18 Å². The maximum absolute atomic E-state index is 13.5. The minimum absolute atomic E-state index is 0.215. The third-order valence-corrected chi connectivity index (χ3v) is 7.34. The number of carbonyl (C=O) groups excluding carboxylic acids is 1. The van der Waals surface area contributed by atoms with Gasteiger partial charge in [-0.3, -0.25) is 4.79 Å². The smallest absolute Gasteiger partial charge is 0.378 e. The summed E-state index contributed by atoms with van der Waals surface area (Å²) in [6.07, 6.45) is -2.75. The van der Waals surface area contributed by atoms with Crippen LogP contribution in [0.15, 0.2) is 40.6 Å². The van der Waals surface area contributed by atoms with Crippen LogP contribution in [0.5, 0.6) is 0 Å². The molecular formula is C22H16F3N3O2S3. The zero-order valence-electron chi connectivity index (χ0n) is 16.9. The minimum Gasteiger partial charge on any atom is -0.378 e. The number of thioether (sulfide) groups is 1. The van der Waals surface area contributed by atoms with E-state index in [1.54, 1.807) is 18.2 Å². The number of alkyl halides is 3. The molecule has 2 aliphatic rings. The van der Waals surface area contributed by atoms with Gasteiger partial charge in [-0.1, -0.05) is 30.0 Å². The molecule has 0 bridgehead atoms. The molecule has 0 aliphatic carbocycles. The number of hydrogen-bond donors (Lipinski definition) is 1. The molecule has 2 aromatic heterocycles. The number of carbonyl (C=O) groups is 1. The third-order valence-electron chi connectivity index (χ3n) is 5.30. The lowest BCUT2D eigenvalue weighted by Crippen LogP contribution is -2.36. The van der Waals surface area contributed by atoms with E-state index in [2.05, 4.69) is 10.3 Å². The van der Waals surface area contributed by atoms with E-state index in [0.717, 1.165) is 22.1 Å². The van der Waals surface area contributed by atoms with Crippen molar-refractivity contribution >= 4 is 68.2 Å². The number of pyridine rings is 1. The highest BCUT2D eigenvalue weighted by Gasteiger charge is 2.34. The zero-order valence-corrected chi connectivity index (χ0v) is 19.4. The lowest BCUT2D eigenvalue weighted by molar-refractivity contribution is -0.140. The fraction of sp³-hybridized carbons (Fsp3) is 0.227. The highest BCUT2D eigenvalue weighted by molar-refractivity contribution is 8.26. The average molecular weight is 508 g/mol. The van der Waals surface area contributed by atoms with E-state index in [-0.39, 0.29) is 5.91 Å². The molecule has 33 heavy (non-hydrogen) atoms. The van der Waals surface area contributed by atoms with Gasteiger partial charge in [-0.25, -0.2) is 4.98 Å². The molecule has 0 atom stereocenters. The van der Waals surface area contributed by atoms with Crippen molar-refractivity contribution in [3.05, 3.63) is 51.2 Å². The van der Waals surface area contributed by atoms with Crippen LogP contribution in [0.1, 0.15) is 10.6 Å². The topological polar surface area (TPSA) is 54.5 Å². The summed E-state index contributed by atoms with van der Waals surface area (Å²) in [5.74, 6) is -0.215. The number of ether oxygens (including phenoxy) is 1. The second-order valence-electron chi connectivity index (χ2n) is 7.45. The van der Waals surface area contributed by atoms with Gasteiger partial charge in [-0.15, -0.1) is 11.3 Å². The van der Waals surface area contributed by atoms with Crippen molar-refractivity contribution in [2.24, 2.45) is 0 Å². The molecule has 170 valence electrons. The van der Waals surface area contributed by atoms with Crippen LogP contribution in [0.2, 0.25) is 0 Å². The van der Waals surface area contributed by atoms with Crippen molar-refractivity contribution in [1.29, 1.82) is 0 Å². The number of nitrogens with one attached hydrogen (secondary N) is 1. The van der Waals surface area contributed by atoms with Gasteiger partial charge in [0.15, 0.2) is 0 Å². The number of aromatic nitrogens is 1. The molecule has 2 aliphatic heterocycles. The Balaban J connectivity index is 1.55. The summed E-state index contributed by atoms with van der Waals surface area (Å²) in [7, 11) is 0. The fourth-order valence-electron chi connectivity index (χ4n) is 3.73. The van der Waals surface area contributed by atoms with Crippen LogP contribution < -0.4 is 10.2 Å². The molecular weight excluding hydrogens is 491 g/mol. The number of hydrogen-bond acceptors (Lipinski definition) is 7. The Bertz CT molecular complexity index is 1300. The second-order valence-corrected chi connectivity index (χ2v) is 10.1. The van der Waals surface area contributed by atoms with Gasteiger partial charge in [0.05, 0.1) is 23.6 Å². The van der Waals surface area contributed by atoms with Gasteiger partial charge in [0, 0.05) is 29.0 Å². The van der Waals surface area contributed by atoms with Crippen molar-refractivity contribution in [3.63, 3.8) is 0 Å². The van der Waals surface area contributed by atoms with E-state index < -0.39 is 11.9 Å². The Kier molecular flexibility index (Phi) is 5.89. The van der Waals surface area contributed by atoms with Crippen LogP contribution >= 0.6 is 35.3 Å². The summed E-state index contributed by atoms with van der Waals surface area (Å²) in [6, 6.07) is 8.33. The van der Waals surface area contributed by atoms with E-state index in [0.29, 0.717) is 52.1 Å². The quantitative estimate of drug-likeness (QED) is 0.383. The Morgan fingerprint density at radius 3 is 2.64 bits per heavy atom. The van der Waals surface area contributed by atoms with Gasteiger partial charge >= 0.3 is 6.18 Å². The molecule has 0 radical (unpaired) electrons. The Morgan fingerprint density at radius 2 is 1.94 bits per heavy atom. The summed E-state index contributed by atoms with van der Waals surface area (Å²) >= 11 is 7.71. The van der Waals surface area contributed by atoms with Gasteiger partial charge < -0.3 is 15.0 Å². The molecule has 1 N–H and O–H groups in total. The first-order valence-electron chi connectivity index (χ1n) is 9.96. The van der Waals surface area contributed by atoms with Crippen molar-refractivity contribution < 1.29 is 22.7 Å². The number of nitrogens with zero attached hydrogens (tertiary/aromatic N) is 2. The third kappa shape index (κ3) is 4.63. The Labute approximate surface area is 200 Å². The number of fused-ring (bicyclic) bond motifs is 1. The number of anilines is 1. The summed E-state index contributed by atoms with van der Waals surface area (Å²) in [5, 5.41) is 5.20. The first kappa shape index (κ1) is 22.3. The maximum Gasteiger partial charge on any atom is 0.433 e. The summed E-state index contributed by atoms with van der Waals surface area (Å²) in [6.45, 7) is 1.95. The van der Waals surface area contributed by atoms with Gasteiger partial charge in [-0.05, 0) is 46.8 Å². The largest absolute Gasteiger partial charge is 0.433 e. The molecule has 5 rings (SSSR count). The SMILES string of the molecule is O=C1NC(=S)SC1=Cc1cc(-c2ccc3nc(C(F)(F)F)cc(N4CCOCC4)c3c2)cs1. The fourth-order valence-corrected chi connectivity index (χ4v) is 5.69. The number of halogens is 3. The van der Waals surface area contributed by atoms with Crippen LogP contribution in [0.3, 0.4) is 0 Å². The van der Waals surface area contributed by atoms with E-state index >= 15 is 0 Å². The van der Waals surface area contributed by atoms with Gasteiger partial charge in [0.1, 0.15) is 10.0 Å². The molecule has 11 heteroatoms. The van der Waals surface area contributed by atoms with E-state index in [1.807, 2.05) is 22.4 Å². The molecule has 4 heterocycles. The summed E-state index contributed by atoms with van der Waals surface area (Å²) in [5.41, 5.74) is 1.66. The standard InChI is InChI=1S/C22H16F3N3O2S3/c23-22(24,25)19-10-17(28-3-5-30-6-4-28)15-8-12(1-2-16(15)26-19)13-7-14(32-11-13)9-18-20(29)27-21(31)33-18/h1-2,7-11H,3-6H2,(H,27,29,31). The Morgan fingerprint density at radius 1 is 1.15 bits per heavy atom. The van der Waals surface area contributed by atoms with E-state index in [9.17, 15) is 18.0 Å². The van der Waals surface area contributed by atoms with Crippen LogP contribution in [-0.2, 0) is 15.7 Å². The predicted octanol–water partition coefficient (Wildman–Crippen LogP) is 5.31. The normalized spacial score (nSPS) is 18.4. The number of thiophene rings is 1. The second kappa shape index (κ2) is 8.71. The first-order chi connectivity index (χ1) is 15.8. The number of rotatable bonds is 3. The molecule has 0 unspecified atom stereocenters. The molecule has 0 saturated carbocycles. The van der Waals surface area contributed by atoms with Gasteiger partial charge in [0.25, 0.3) is 5.91 Å². The monoisotopic (exact) mass is 507 g/mol. The Hall–Kier alpha value is -2.47. The predicted molar refractivity (Wildman–Crippen MR) is 129 cm³/mol. The number of morpholine rings is 1. The molecule has 0 spiro atoms. The van der Waals surface area contributed by atoms with Gasteiger partial charge in [0.2, 0.25) is 0 Å². The van der Waals surface area contributed by atoms with Crippen LogP contribution in [0.25, 0.3) is 28.1 Å². The molecule has 5 nitrogen and oxygen atoms in total. The lowest BCUT2D eigenvalue weighted by atomic mass is 10.0. The number of thiocarbonyl (C=S) groups is 1. The van der Waals surface area contributed by atoms with E-state index in [4.69, 9.17) is 17.0 Å². The number of amides is 1. The minimum atomic E-state index is -4.53. The molecule has 3 aromatic rings. The van der Waals surface area contributed by atoms with Gasteiger partial charge in [-0.2, -0.15) is 13.2 Å². The summed E-state index contributed by atoms with van der Waals surface area (Å²) < 4.78 is 46.2. The highest BCUT2D eigenvalue weighted by Crippen LogP contribution is 2.38. The van der Waals surface area contributed by atoms with Crippen LogP contribution in [-0.4, -0.2) is 41.5 Å². The van der Waals surface area contributed by atoms with E-state index in [1.165, 1.54) is 23.1 Å². The molecule has 1 aromatic carbocycles. The summed E-state index contributed by atoms with van der Waals surface area (Å²) in [4.78, 5) is 19.1. The molecule has 2 saturated heterocycles. The zero-order chi connectivity index (χ0) is 23.2. The molecule has 2 fully saturated rings. The number of benzene rings is 1. The van der Waals surface area contributed by atoms with Crippen molar-refractivity contribution in [3.8, 4) is 11.1 Å². The average Bonchev–Trinajstić information content (AvgIpc) is 3.38. The van der Waals surface area contributed by atoms with Crippen molar-refractivity contribution in [1.82, 2.24) is 10.3 Å². The molecule has 1 amide bonds. The van der Waals surface area contributed by atoms with Crippen LogP contribution in [0, 0.1) is 0 Å². The highest BCUT2D eigenvalue weighted by atomic mass is 32.2. The maximum atomic E-state index is 13.5. The van der Waals surface area contributed by atoms with Crippen LogP contribution in [0.4, 0.5) is 18.9 Å².